The first-order valence-corrected chi connectivity index (χ1v) is 6.51. The van der Waals surface area contributed by atoms with Crippen molar-refractivity contribution in [3.8, 4) is 0 Å². The van der Waals surface area contributed by atoms with Crippen molar-refractivity contribution >= 4 is 5.78 Å². The van der Waals surface area contributed by atoms with E-state index in [0.717, 1.165) is 12.1 Å². The van der Waals surface area contributed by atoms with Crippen LogP contribution in [0.15, 0.2) is 18.6 Å². The quantitative estimate of drug-likeness (QED) is 0.814. The number of carbonyl (C=O) groups excluding carboxylic acids is 1. The molecule has 18 heavy (non-hydrogen) atoms. The first kappa shape index (κ1) is 16.8. The van der Waals surface area contributed by atoms with Crippen LogP contribution in [-0.2, 0) is 4.79 Å². The Balaban J connectivity index is 0.000000331. The predicted octanol–water partition coefficient (Wildman–Crippen LogP) is 4.00. The molecule has 1 aromatic heterocycles. The lowest BCUT2D eigenvalue weighted by Crippen LogP contribution is -2.09. The molecular weight excluding hydrogens is 224 g/mol. The fourth-order valence-electron chi connectivity index (χ4n) is 1.55. The minimum atomic E-state index is 0.172. The van der Waals surface area contributed by atoms with E-state index in [-0.39, 0.29) is 11.2 Å². The van der Waals surface area contributed by atoms with E-state index in [1.54, 1.807) is 19.4 Å². The number of Topliss-reactive ketones (excluding diaryl/α,β-unsaturated/α-hetero) is 1. The molecular formula is C15H26N2O. The van der Waals surface area contributed by atoms with E-state index >= 15 is 0 Å². The number of aromatic nitrogens is 2. The Bertz CT molecular complexity index is 341. The number of hydrogen-bond donors (Lipinski definition) is 0. The van der Waals surface area contributed by atoms with Gasteiger partial charge in [-0.15, -0.1) is 0 Å². The Labute approximate surface area is 111 Å². The molecule has 0 saturated carbocycles. The molecule has 1 atom stereocenters. The standard InChI is InChI=1S/C8H12N2.C7H14O/c1-3-7(2)8-4-5-9-6-10-8;1-6(8)5-7(2,3)4/h4-7H,3H2,1-2H3;5H2,1-4H3. The summed E-state index contributed by atoms with van der Waals surface area (Å²) in [5, 5.41) is 0. The first-order chi connectivity index (χ1) is 8.26. The third-order valence-electron chi connectivity index (χ3n) is 2.50. The van der Waals surface area contributed by atoms with E-state index in [1.807, 2.05) is 6.07 Å². The van der Waals surface area contributed by atoms with Crippen LogP contribution in [0.25, 0.3) is 0 Å². The number of ketones is 1. The van der Waals surface area contributed by atoms with E-state index < -0.39 is 0 Å². The van der Waals surface area contributed by atoms with Crippen molar-refractivity contribution in [2.75, 3.05) is 0 Å². The van der Waals surface area contributed by atoms with Gasteiger partial charge in [0.2, 0.25) is 0 Å². The van der Waals surface area contributed by atoms with E-state index in [1.165, 1.54) is 0 Å². The Hall–Kier alpha value is -1.25. The lowest BCUT2D eigenvalue weighted by atomic mass is 9.91. The van der Waals surface area contributed by atoms with E-state index in [4.69, 9.17) is 0 Å². The third kappa shape index (κ3) is 8.85. The van der Waals surface area contributed by atoms with Crippen molar-refractivity contribution in [1.29, 1.82) is 0 Å². The highest BCUT2D eigenvalue weighted by molar-refractivity contribution is 5.76. The Kier molecular flexibility index (Phi) is 7.41. The van der Waals surface area contributed by atoms with Crippen molar-refractivity contribution in [2.24, 2.45) is 5.41 Å². The van der Waals surface area contributed by atoms with Crippen LogP contribution in [0.1, 0.15) is 66.0 Å². The molecule has 1 aromatic rings. The Morgan fingerprint density at radius 1 is 1.39 bits per heavy atom. The van der Waals surface area contributed by atoms with Crippen LogP contribution in [0, 0.1) is 5.41 Å². The van der Waals surface area contributed by atoms with Gasteiger partial charge in [0.1, 0.15) is 12.1 Å². The summed E-state index contributed by atoms with van der Waals surface area (Å²) >= 11 is 0. The molecule has 0 aliphatic rings. The molecule has 0 fully saturated rings. The normalized spacial score (nSPS) is 12.3. The molecule has 0 N–H and O–H groups in total. The number of carbonyl (C=O) groups is 1. The molecule has 0 amide bonds. The fraction of sp³-hybridized carbons (Fsp3) is 0.667. The van der Waals surface area contributed by atoms with E-state index in [0.29, 0.717) is 12.3 Å². The van der Waals surface area contributed by atoms with Gasteiger partial charge in [-0.2, -0.15) is 0 Å². The summed E-state index contributed by atoms with van der Waals surface area (Å²) in [6.45, 7) is 12.2. The number of nitrogens with zero attached hydrogens (tertiary/aromatic N) is 2. The summed E-state index contributed by atoms with van der Waals surface area (Å²) in [5.74, 6) is 0.834. The Morgan fingerprint density at radius 3 is 2.28 bits per heavy atom. The van der Waals surface area contributed by atoms with Crippen molar-refractivity contribution in [2.45, 2.75) is 60.3 Å². The molecule has 0 radical (unpaired) electrons. The van der Waals surface area contributed by atoms with Crippen LogP contribution in [-0.4, -0.2) is 15.8 Å². The summed E-state index contributed by atoms with van der Waals surface area (Å²) in [6.07, 6.45) is 5.21. The summed E-state index contributed by atoms with van der Waals surface area (Å²) in [5.41, 5.74) is 1.31. The maximum Gasteiger partial charge on any atom is 0.130 e. The SMILES string of the molecule is CC(=O)CC(C)(C)C.CCC(C)c1ccncn1. The third-order valence-corrected chi connectivity index (χ3v) is 2.50. The molecule has 3 nitrogen and oxygen atoms in total. The second-order valence-corrected chi connectivity index (χ2v) is 5.88. The van der Waals surface area contributed by atoms with E-state index in [9.17, 15) is 4.79 Å². The highest BCUT2D eigenvalue weighted by Gasteiger charge is 2.11. The fourth-order valence-corrected chi connectivity index (χ4v) is 1.55. The van der Waals surface area contributed by atoms with Crippen LogP contribution in [0.3, 0.4) is 0 Å². The van der Waals surface area contributed by atoms with Gasteiger partial charge in [0.15, 0.2) is 0 Å². The van der Waals surface area contributed by atoms with Crippen LogP contribution in [0.2, 0.25) is 0 Å². The number of hydrogen-bond acceptors (Lipinski definition) is 3. The molecule has 1 heterocycles. The molecule has 1 rings (SSSR count). The number of rotatable bonds is 3. The minimum Gasteiger partial charge on any atom is -0.300 e. The van der Waals surface area contributed by atoms with Gasteiger partial charge in [-0.25, -0.2) is 9.97 Å². The highest BCUT2D eigenvalue weighted by atomic mass is 16.1. The van der Waals surface area contributed by atoms with Crippen molar-refractivity contribution in [3.05, 3.63) is 24.3 Å². The van der Waals surface area contributed by atoms with Gasteiger partial charge in [-0.1, -0.05) is 34.6 Å². The average Bonchev–Trinajstić information content (AvgIpc) is 2.26. The summed E-state index contributed by atoms with van der Waals surface area (Å²) in [7, 11) is 0. The van der Waals surface area contributed by atoms with Crippen LogP contribution in [0.4, 0.5) is 0 Å². The van der Waals surface area contributed by atoms with Crippen LogP contribution >= 0.6 is 0 Å². The van der Waals surface area contributed by atoms with Crippen LogP contribution < -0.4 is 0 Å². The zero-order valence-corrected chi connectivity index (χ0v) is 12.5. The second kappa shape index (κ2) is 7.96. The smallest absolute Gasteiger partial charge is 0.130 e. The van der Waals surface area contributed by atoms with Crippen LogP contribution in [0.5, 0.6) is 0 Å². The zero-order chi connectivity index (χ0) is 14.2. The summed E-state index contributed by atoms with van der Waals surface area (Å²) in [4.78, 5) is 18.4. The van der Waals surface area contributed by atoms with Crippen molar-refractivity contribution < 1.29 is 4.79 Å². The largest absolute Gasteiger partial charge is 0.300 e. The second-order valence-electron chi connectivity index (χ2n) is 5.88. The lowest BCUT2D eigenvalue weighted by molar-refractivity contribution is -0.118. The average molecular weight is 250 g/mol. The monoisotopic (exact) mass is 250 g/mol. The van der Waals surface area contributed by atoms with Gasteiger partial charge in [0.25, 0.3) is 0 Å². The minimum absolute atomic E-state index is 0.172. The zero-order valence-electron chi connectivity index (χ0n) is 12.5. The summed E-state index contributed by atoms with van der Waals surface area (Å²) in [6, 6.07) is 1.97. The molecule has 0 aliphatic carbocycles. The molecule has 0 spiro atoms. The molecule has 0 aliphatic heterocycles. The molecule has 0 saturated heterocycles. The van der Waals surface area contributed by atoms with E-state index in [2.05, 4.69) is 44.6 Å². The predicted molar refractivity (Wildman–Crippen MR) is 75.5 cm³/mol. The highest BCUT2D eigenvalue weighted by Crippen LogP contribution is 2.17. The maximum atomic E-state index is 10.5. The Morgan fingerprint density at radius 2 is 2.00 bits per heavy atom. The summed E-state index contributed by atoms with van der Waals surface area (Å²) < 4.78 is 0. The topological polar surface area (TPSA) is 42.9 Å². The molecule has 0 bridgehead atoms. The lowest BCUT2D eigenvalue weighted by Gasteiger charge is -2.14. The molecule has 1 unspecified atom stereocenters. The molecule has 102 valence electrons. The van der Waals surface area contributed by atoms with Crippen molar-refractivity contribution in [3.63, 3.8) is 0 Å². The maximum absolute atomic E-state index is 10.5. The van der Waals surface area contributed by atoms with Gasteiger partial charge in [-0.3, -0.25) is 0 Å². The van der Waals surface area contributed by atoms with Gasteiger partial charge in [0, 0.05) is 18.3 Å². The first-order valence-electron chi connectivity index (χ1n) is 6.51. The molecule has 3 heteroatoms. The van der Waals surface area contributed by atoms with Gasteiger partial charge < -0.3 is 4.79 Å². The molecule has 0 aromatic carbocycles. The van der Waals surface area contributed by atoms with Gasteiger partial charge in [-0.05, 0) is 30.7 Å². The van der Waals surface area contributed by atoms with Crippen molar-refractivity contribution in [1.82, 2.24) is 9.97 Å². The van der Waals surface area contributed by atoms with Gasteiger partial charge in [0.05, 0.1) is 0 Å². The van der Waals surface area contributed by atoms with Gasteiger partial charge >= 0.3 is 0 Å².